The van der Waals surface area contributed by atoms with Gasteiger partial charge in [-0.05, 0) is 23.8 Å². The summed E-state index contributed by atoms with van der Waals surface area (Å²) in [7, 11) is 0. The van der Waals surface area contributed by atoms with Gasteiger partial charge in [-0.15, -0.1) is 0 Å². The maximum atomic E-state index is 12.2. The van der Waals surface area contributed by atoms with E-state index < -0.39 is 37.6 Å². The number of ether oxygens (including phenoxy) is 1. The van der Waals surface area contributed by atoms with E-state index in [9.17, 15) is 24.1 Å². The van der Waals surface area contributed by atoms with Crippen molar-refractivity contribution in [2.24, 2.45) is 5.41 Å². The highest BCUT2D eigenvalue weighted by Crippen LogP contribution is 2.35. The minimum atomic E-state index is -2.94. The molecule has 0 aliphatic heterocycles. The van der Waals surface area contributed by atoms with Crippen molar-refractivity contribution in [3.05, 3.63) is 11.6 Å². The van der Waals surface area contributed by atoms with E-state index in [-0.39, 0.29) is 11.0 Å². The molecule has 0 amide bonds. The van der Waals surface area contributed by atoms with Gasteiger partial charge in [0.2, 0.25) is 0 Å². The van der Waals surface area contributed by atoms with Crippen LogP contribution in [0.2, 0.25) is 0 Å². The standard InChI is InChI=1S/C16H27F2NO4/c1-16(5-3-2-4-6-16)9-19-11-7-10(8-23-15(17)18)12(20)14(22)13(11)21/h7,11-15,19-22H,2-6,8-9H2,1H3/t11-,12+,13+,14+/m1/s1. The number of nitrogens with one attached hydrogen (secondary N) is 1. The molecule has 0 unspecified atom stereocenters. The summed E-state index contributed by atoms with van der Waals surface area (Å²) in [5.41, 5.74) is 0.293. The van der Waals surface area contributed by atoms with Crippen molar-refractivity contribution in [2.45, 2.75) is 70.0 Å². The molecule has 0 aromatic heterocycles. The van der Waals surface area contributed by atoms with Gasteiger partial charge >= 0.3 is 6.61 Å². The second kappa shape index (κ2) is 7.98. The molecule has 1 saturated carbocycles. The SMILES string of the molecule is CC1(CN[C@@H]2C=C(COC(F)F)[C@H](O)[C@H](O)[C@H]2O)CCCCC1. The van der Waals surface area contributed by atoms with Crippen LogP contribution in [-0.2, 0) is 4.74 Å². The monoisotopic (exact) mass is 335 g/mol. The van der Waals surface area contributed by atoms with Crippen molar-refractivity contribution in [1.82, 2.24) is 5.32 Å². The smallest absolute Gasteiger partial charge is 0.345 e. The van der Waals surface area contributed by atoms with Crippen LogP contribution in [0, 0.1) is 5.41 Å². The van der Waals surface area contributed by atoms with Gasteiger partial charge in [0.05, 0.1) is 12.6 Å². The third-order valence-electron chi connectivity index (χ3n) is 5.02. The fourth-order valence-corrected chi connectivity index (χ4v) is 3.47. The van der Waals surface area contributed by atoms with Crippen LogP contribution in [0.5, 0.6) is 0 Å². The Morgan fingerprint density at radius 1 is 1.22 bits per heavy atom. The number of aliphatic hydroxyl groups excluding tert-OH is 3. The molecule has 0 aromatic carbocycles. The molecule has 4 N–H and O–H groups in total. The minimum Gasteiger partial charge on any atom is -0.388 e. The Balaban J connectivity index is 1.99. The molecule has 0 bridgehead atoms. The highest BCUT2D eigenvalue weighted by molar-refractivity contribution is 5.22. The Labute approximate surface area is 135 Å². The summed E-state index contributed by atoms with van der Waals surface area (Å²) in [6.07, 6.45) is 3.27. The second-order valence-electron chi connectivity index (χ2n) is 7.02. The summed E-state index contributed by atoms with van der Waals surface area (Å²) in [5, 5.41) is 33.1. The summed E-state index contributed by atoms with van der Waals surface area (Å²) < 4.78 is 28.6. The Bertz CT molecular complexity index is 413. The average Bonchev–Trinajstić information content (AvgIpc) is 2.51. The Hall–Kier alpha value is -0.600. The molecule has 2 aliphatic carbocycles. The number of aliphatic hydroxyl groups is 3. The van der Waals surface area contributed by atoms with Crippen molar-refractivity contribution >= 4 is 0 Å². The van der Waals surface area contributed by atoms with Crippen LogP contribution >= 0.6 is 0 Å². The van der Waals surface area contributed by atoms with E-state index in [1.165, 1.54) is 25.3 Å². The predicted molar refractivity (Wildman–Crippen MR) is 81.0 cm³/mol. The summed E-state index contributed by atoms with van der Waals surface area (Å²) in [4.78, 5) is 0. The molecule has 134 valence electrons. The fraction of sp³-hybridized carbons (Fsp3) is 0.875. The molecular weight excluding hydrogens is 308 g/mol. The Morgan fingerprint density at radius 3 is 2.48 bits per heavy atom. The van der Waals surface area contributed by atoms with E-state index in [1.54, 1.807) is 0 Å². The highest BCUT2D eigenvalue weighted by Gasteiger charge is 2.38. The van der Waals surface area contributed by atoms with Crippen molar-refractivity contribution in [2.75, 3.05) is 13.2 Å². The predicted octanol–water partition coefficient (Wildman–Crippen LogP) is 1.18. The first-order valence-electron chi connectivity index (χ1n) is 8.20. The van der Waals surface area contributed by atoms with Crippen LogP contribution < -0.4 is 5.32 Å². The Kier molecular flexibility index (Phi) is 6.50. The summed E-state index contributed by atoms with van der Waals surface area (Å²) in [5.74, 6) is 0. The summed E-state index contributed by atoms with van der Waals surface area (Å²) in [6.45, 7) is -0.570. The molecule has 1 fully saturated rings. The van der Waals surface area contributed by atoms with Crippen molar-refractivity contribution in [3.63, 3.8) is 0 Å². The van der Waals surface area contributed by atoms with Gasteiger partial charge in [-0.1, -0.05) is 32.3 Å². The molecule has 0 radical (unpaired) electrons. The molecule has 7 heteroatoms. The van der Waals surface area contributed by atoms with Crippen LogP contribution in [0.3, 0.4) is 0 Å². The van der Waals surface area contributed by atoms with Gasteiger partial charge in [-0.2, -0.15) is 8.78 Å². The van der Waals surface area contributed by atoms with E-state index in [4.69, 9.17) is 0 Å². The van der Waals surface area contributed by atoms with Crippen LogP contribution in [-0.4, -0.2) is 59.4 Å². The molecule has 2 aliphatic rings. The van der Waals surface area contributed by atoms with Gasteiger partial charge in [-0.25, -0.2) is 0 Å². The van der Waals surface area contributed by atoms with Gasteiger partial charge in [-0.3, -0.25) is 0 Å². The van der Waals surface area contributed by atoms with Gasteiger partial charge in [0.15, 0.2) is 0 Å². The molecule has 0 saturated heterocycles. The molecule has 4 atom stereocenters. The normalized spacial score (nSPS) is 34.5. The fourth-order valence-electron chi connectivity index (χ4n) is 3.47. The zero-order valence-electron chi connectivity index (χ0n) is 13.4. The second-order valence-corrected chi connectivity index (χ2v) is 7.02. The Morgan fingerprint density at radius 2 is 1.87 bits per heavy atom. The van der Waals surface area contributed by atoms with E-state index >= 15 is 0 Å². The number of halogens is 2. The van der Waals surface area contributed by atoms with E-state index in [0.29, 0.717) is 6.54 Å². The topological polar surface area (TPSA) is 82.0 Å². The van der Waals surface area contributed by atoms with Gasteiger partial charge in [0, 0.05) is 6.54 Å². The van der Waals surface area contributed by atoms with Crippen molar-refractivity contribution in [3.8, 4) is 0 Å². The van der Waals surface area contributed by atoms with Gasteiger partial charge in [0.25, 0.3) is 0 Å². The maximum Gasteiger partial charge on any atom is 0.345 e. The van der Waals surface area contributed by atoms with Gasteiger partial charge in [0.1, 0.15) is 18.3 Å². The van der Waals surface area contributed by atoms with Gasteiger partial charge < -0.3 is 25.4 Å². The van der Waals surface area contributed by atoms with Crippen LogP contribution in [0.15, 0.2) is 11.6 Å². The van der Waals surface area contributed by atoms with Crippen LogP contribution in [0.25, 0.3) is 0 Å². The lowest BCUT2D eigenvalue weighted by Gasteiger charge is -2.39. The number of hydrogen-bond donors (Lipinski definition) is 4. The lowest BCUT2D eigenvalue weighted by Crippen LogP contribution is -2.55. The molecule has 5 nitrogen and oxygen atoms in total. The molecule has 0 spiro atoms. The number of rotatable bonds is 6. The third-order valence-corrected chi connectivity index (χ3v) is 5.02. The number of alkyl halides is 2. The highest BCUT2D eigenvalue weighted by atomic mass is 19.3. The summed E-state index contributed by atoms with van der Waals surface area (Å²) in [6, 6.07) is -0.594. The first kappa shape index (κ1) is 18.7. The molecular formula is C16H27F2NO4. The summed E-state index contributed by atoms with van der Waals surface area (Å²) >= 11 is 0. The first-order valence-corrected chi connectivity index (χ1v) is 8.20. The van der Waals surface area contributed by atoms with E-state index in [0.717, 1.165) is 12.8 Å². The first-order chi connectivity index (χ1) is 10.8. The largest absolute Gasteiger partial charge is 0.388 e. The average molecular weight is 335 g/mol. The molecule has 2 rings (SSSR count). The molecule has 23 heavy (non-hydrogen) atoms. The maximum absolute atomic E-state index is 12.2. The molecule has 0 aromatic rings. The van der Waals surface area contributed by atoms with E-state index in [2.05, 4.69) is 17.0 Å². The minimum absolute atomic E-state index is 0.131. The molecule has 0 heterocycles. The zero-order chi connectivity index (χ0) is 17.0. The third kappa shape index (κ3) is 4.93. The van der Waals surface area contributed by atoms with Crippen LogP contribution in [0.1, 0.15) is 39.0 Å². The van der Waals surface area contributed by atoms with Crippen molar-refractivity contribution in [1.29, 1.82) is 0 Å². The quantitative estimate of drug-likeness (QED) is 0.548. The lowest BCUT2D eigenvalue weighted by molar-refractivity contribution is -0.129. The number of hydrogen-bond acceptors (Lipinski definition) is 5. The van der Waals surface area contributed by atoms with E-state index in [1.807, 2.05) is 0 Å². The van der Waals surface area contributed by atoms with Crippen molar-refractivity contribution < 1.29 is 28.8 Å². The zero-order valence-corrected chi connectivity index (χ0v) is 13.4. The van der Waals surface area contributed by atoms with Crippen LogP contribution in [0.4, 0.5) is 8.78 Å². The lowest BCUT2D eigenvalue weighted by atomic mass is 9.75.